The fraction of sp³-hybridized carbons (Fsp3) is 0.778. The van der Waals surface area contributed by atoms with E-state index in [1.54, 1.807) is 0 Å². The lowest BCUT2D eigenvalue weighted by atomic mass is 10.1. The fourth-order valence-corrected chi connectivity index (χ4v) is 1.24. The summed E-state index contributed by atoms with van der Waals surface area (Å²) in [6.45, 7) is 2.64. The van der Waals surface area contributed by atoms with Crippen LogP contribution in [0.25, 0.3) is 0 Å². The van der Waals surface area contributed by atoms with Crippen LogP contribution < -0.4 is 5.32 Å². The van der Waals surface area contributed by atoms with Gasteiger partial charge in [-0.3, -0.25) is 0 Å². The summed E-state index contributed by atoms with van der Waals surface area (Å²) in [5.74, 6) is 2.39. The van der Waals surface area contributed by atoms with Crippen molar-refractivity contribution in [1.82, 2.24) is 5.32 Å². The molecule has 1 saturated heterocycles. The highest BCUT2D eigenvalue weighted by molar-refractivity contribution is 4.77. The van der Waals surface area contributed by atoms with E-state index in [2.05, 4.69) is 11.2 Å². The number of morpholine rings is 1. The van der Waals surface area contributed by atoms with Crippen molar-refractivity contribution in [2.45, 2.75) is 25.3 Å². The lowest BCUT2D eigenvalue weighted by molar-refractivity contribution is 0.0737. The summed E-state index contributed by atoms with van der Waals surface area (Å²) in [5, 5.41) is 3.36. The summed E-state index contributed by atoms with van der Waals surface area (Å²) in [5.41, 5.74) is 0. The third kappa shape index (κ3) is 3.41. The van der Waals surface area contributed by atoms with E-state index in [1.165, 1.54) is 0 Å². The number of hydrogen-bond acceptors (Lipinski definition) is 2. The zero-order valence-electron chi connectivity index (χ0n) is 6.73. The number of unbranched alkanes of at least 4 members (excludes halogenated alkanes) is 1. The lowest BCUT2D eigenvalue weighted by Crippen LogP contribution is -2.41. The molecule has 0 aromatic carbocycles. The van der Waals surface area contributed by atoms with Gasteiger partial charge in [-0.2, -0.15) is 0 Å². The minimum absolute atomic E-state index is 0.511. The molecule has 0 spiro atoms. The Bertz CT molecular complexity index is 133. The molecule has 1 atom stereocenters. The molecule has 0 aromatic rings. The first-order chi connectivity index (χ1) is 5.43. The Morgan fingerprint density at radius 2 is 2.55 bits per heavy atom. The smallest absolute Gasteiger partial charge is 0.0620 e. The van der Waals surface area contributed by atoms with Gasteiger partial charge in [0.2, 0.25) is 0 Å². The van der Waals surface area contributed by atoms with Gasteiger partial charge in [-0.1, -0.05) is 5.92 Å². The molecule has 1 fully saturated rings. The van der Waals surface area contributed by atoms with Crippen molar-refractivity contribution in [1.29, 1.82) is 0 Å². The Balaban J connectivity index is 2.01. The highest BCUT2D eigenvalue weighted by Gasteiger charge is 2.11. The molecule has 0 amide bonds. The Morgan fingerprint density at radius 3 is 3.18 bits per heavy atom. The highest BCUT2D eigenvalue weighted by atomic mass is 16.5. The summed E-state index contributed by atoms with van der Waals surface area (Å²) in [4.78, 5) is 0. The Kier molecular flexibility index (Phi) is 4.03. The summed E-state index contributed by atoms with van der Waals surface area (Å²) in [6, 6.07) is 0.511. The van der Waals surface area contributed by atoms with Gasteiger partial charge in [0.05, 0.1) is 13.2 Å². The molecule has 1 radical (unpaired) electrons. The quantitative estimate of drug-likeness (QED) is 0.475. The van der Waals surface area contributed by atoms with Crippen LogP contribution in [0.15, 0.2) is 0 Å². The molecule has 0 aromatic heterocycles. The first-order valence-electron chi connectivity index (χ1n) is 4.14. The van der Waals surface area contributed by atoms with Crippen molar-refractivity contribution in [3.05, 3.63) is 6.42 Å². The van der Waals surface area contributed by atoms with Crippen molar-refractivity contribution in [2.24, 2.45) is 0 Å². The number of ether oxygens (including phenoxy) is 1. The summed E-state index contributed by atoms with van der Waals surface area (Å²) in [6.07, 6.45) is 9.64. The van der Waals surface area contributed by atoms with E-state index >= 15 is 0 Å². The third-order valence-corrected chi connectivity index (χ3v) is 1.85. The maximum Gasteiger partial charge on any atom is 0.0620 e. The molecule has 1 heterocycles. The van der Waals surface area contributed by atoms with Crippen molar-refractivity contribution in [2.75, 3.05) is 19.8 Å². The van der Waals surface area contributed by atoms with Gasteiger partial charge < -0.3 is 10.1 Å². The first kappa shape index (κ1) is 8.58. The molecule has 0 aliphatic carbocycles. The SMILES string of the molecule is [C]#CCCCC1COCCN1. The second-order valence-electron chi connectivity index (χ2n) is 2.79. The summed E-state index contributed by atoms with van der Waals surface area (Å²) in [7, 11) is 0. The second kappa shape index (κ2) is 5.17. The number of rotatable bonds is 3. The van der Waals surface area contributed by atoms with Crippen LogP contribution in [-0.2, 0) is 4.74 Å². The van der Waals surface area contributed by atoms with E-state index < -0.39 is 0 Å². The van der Waals surface area contributed by atoms with Crippen molar-refractivity contribution in [3.8, 4) is 5.92 Å². The average Bonchev–Trinajstić information content (AvgIpc) is 2.07. The number of nitrogens with one attached hydrogen (secondary N) is 1. The fourth-order valence-electron chi connectivity index (χ4n) is 1.24. The summed E-state index contributed by atoms with van der Waals surface area (Å²) < 4.78 is 5.28. The van der Waals surface area contributed by atoms with Crippen LogP contribution in [0, 0.1) is 12.3 Å². The zero-order chi connectivity index (χ0) is 7.94. The van der Waals surface area contributed by atoms with E-state index in [0.717, 1.165) is 39.0 Å². The minimum atomic E-state index is 0.511. The Morgan fingerprint density at radius 1 is 1.64 bits per heavy atom. The maximum absolute atomic E-state index is 6.72. The molecule has 1 aliphatic heterocycles. The second-order valence-corrected chi connectivity index (χ2v) is 2.79. The van der Waals surface area contributed by atoms with Crippen LogP contribution in [0.4, 0.5) is 0 Å². The van der Waals surface area contributed by atoms with Gasteiger partial charge in [0.15, 0.2) is 0 Å². The van der Waals surface area contributed by atoms with E-state index in [4.69, 9.17) is 11.2 Å². The van der Waals surface area contributed by atoms with E-state index in [1.807, 2.05) is 0 Å². The molecular formula is C9H14NO. The molecule has 1 aliphatic rings. The van der Waals surface area contributed by atoms with E-state index in [0.29, 0.717) is 6.04 Å². The van der Waals surface area contributed by atoms with Gasteiger partial charge in [0.25, 0.3) is 0 Å². The molecule has 1 rings (SSSR count). The van der Waals surface area contributed by atoms with Crippen LogP contribution in [0.3, 0.4) is 0 Å². The molecule has 11 heavy (non-hydrogen) atoms. The topological polar surface area (TPSA) is 21.3 Å². The molecule has 0 saturated carbocycles. The average molecular weight is 152 g/mol. The molecule has 1 unspecified atom stereocenters. The van der Waals surface area contributed by atoms with Gasteiger partial charge in [0.1, 0.15) is 0 Å². The lowest BCUT2D eigenvalue weighted by Gasteiger charge is -2.23. The molecule has 1 N–H and O–H groups in total. The minimum Gasteiger partial charge on any atom is -0.379 e. The Labute approximate surface area is 68.3 Å². The number of hydrogen-bond donors (Lipinski definition) is 1. The van der Waals surface area contributed by atoms with Gasteiger partial charge in [0, 0.05) is 19.0 Å². The molecule has 0 bridgehead atoms. The van der Waals surface area contributed by atoms with Crippen LogP contribution >= 0.6 is 0 Å². The van der Waals surface area contributed by atoms with Crippen LogP contribution in [0.5, 0.6) is 0 Å². The molecule has 61 valence electrons. The van der Waals surface area contributed by atoms with Gasteiger partial charge in [-0.15, -0.1) is 0 Å². The van der Waals surface area contributed by atoms with Crippen LogP contribution in [-0.4, -0.2) is 25.8 Å². The van der Waals surface area contributed by atoms with Crippen LogP contribution in [0.1, 0.15) is 19.3 Å². The predicted molar refractivity (Wildman–Crippen MR) is 43.6 cm³/mol. The van der Waals surface area contributed by atoms with Crippen LogP contribution in [0.2, 0.25) is 0 Å². The third-order valence-electron chi connectivity index (χ3n) is 1.85. The molecular weight excluding hydrogens is 138 g/mol. The first-order valence-corrected chi connectivity index (χ1v) is 4.14. The predicted octanol–water partition coefficient (Wildman–Crippen LogP) is 0.735. The highest BCUT2D eigenvalue weighted by Crippen LogP contribution is 2.03. The summed E-state index contributed by atoms with van der Waals surface area (Å²) >= 11 is 0. The monoisotopic (exact) mass is 152 g/mol. The van der Waals surface area contributed by atoms with E-state index in [-0.39, 0.29) is 0 Å². The normalized spacial score (nSPS) is 24.5. The van der Waals surface area contributed by atoms with Gasteiger partial charge >= 0.3 is 0 Å². The van der Waals surface area contributed by atoms with Gasteiger partial charge in [-0.05, 0) is 19.3 Å². The van der Waals surface area contributed by atoms with Crippen molar-refractivity contribution in [3.63, 3.8) is 0 Å². The largest absolute Gasteiger partial charge is 0.379 e. The Hall–Kier alpha value is -0.520. The maximum atomic E-state index is 6.72. The van der Waals surface area contributed by atoms with Gasteiger partial charge in [-0.25, -0.2) is 0 Å². The molecule has 2 nitrogen and oxygen atoms in total. The van der Waals surface area contributed by atoms with Crippen molar-refractivity contribution >= 4 is 0 Å². The van der Waals surface area contributed by atoms with E-state index in [9.17, 15) is 0 Å². The standard InChI is InChI=1S/C9H14NO/c1-2-3-4-5-9-8-11-7-6-10-9/h9-10H,3-8H2. The van der Waals surface area contributed by atoms with Crippen molar-refractivity contribution < 1.29 is 4.74 Å². The zero-order valence-corrected chi connectivity index (χ0v) is 6.73. The molecule has 2 heteroatoms.